The fraction of sp³-hybridized carbons (Fsp3) is 0. The Hall–Kier alpha value is -0.810. The lowest BCUT2D eigenvalue weighted by molar-refractivity contribution is 0.0693. The Bertz CT molecular complexity index is 357. The van der Waals surface area contributed by atoms with Crippen LogP contribution in [0.1, 0.15) is 10.4 Å². The van der Waals surface area contributed by atoms with Crippen LogP contribution < -0.4 is 5.73 Å². The summed E-state index contributed by atoms with van der Waals surface area (Å²) in [5.74, 6) is -2.37. The average Bonchev–Trinajstić information content (AvgIpc) is 2.01. The van der Waals surface area contributed by atoms with E-state index in [-0.39, 0.29) is 15.2 Å². The zero-order valence-corrected chi connectivity index (χ0v) is 8.49. The van der Waals surface area contributed by atoms with Gasteiger partial charge < -0.3 is 10.8 Å². The highest BCUT2D eigenvalue weighted by Crippen LogP contribution is 2.31. The molecule has 1 rings (SSSR count). The molecule has 0 atom stereocenters. The number of nitrogen functional groups attached to an aromatic ring is 1. The minimum Gasteiger partial charge on any atom is -0.478 e. The molecule has 3 nitrogen and oxygen atoms in total. The quantitative estimate of drug-likeness (QED) is 0.607. The second-order valence-electron chi connectivity index (χ2n) is 2.25. The molecule has 6 heteroatoms. The van der Waals surface area contributed by atoms with Crippen molar-refractivity contribution >= 4 is 39.2 Å². The van der Waals surface area contributed by atoms with Crippen molar-refractivity contribution < 1.29 is 14.3 Å². The summed E-state index contributed by atoms with van der Waals surface area (Å²) in [5.41, 5.74) is 4.40. The van der Waals surface area contributed by atoms with Crippen LogP contribution in [-0.2, 0) is 0 Å². The van der Waals surface area contributed by atoms with Gasteiger partial charge >= 0.3 is 5.97 Å². The van der Waals surface area contributed by atoms with Crippen molar-refractivity contribution in [2.24, 2.45) is 0 Å². The summed E-state index contributed by atoms with van der Waals surface area (Å²) in [4.78, 5) is 10.5. The molecule has 0 spiro atoms. The Kier molecular flexibility index (Phi) is 2.77. The van der Waals surface area contributed by atoms with E-state index in [0.717, 1.165) is 0 Å². The van der Waals surface area contributed by atoms with Crippen molar-refractivity contribution in [3.8, 4) is 0 Å². The fourth-order valence-electron chi connectivity index (χ4n) is 0.819. The predicted molar refractivity (Wildman–Crippen MR) is 50.5 cm³/mol. The molecule has 13 heavy (non-hydrogen) atoms. The number of anilines is 1. The first-order valence-corrected chi connectivity index (χ1v) is 4.28. The maximum absolute atomic E-state index is 13.1. The summed E-state index contributed by atoms with van der Waals surface area (Å²) in [5, 5.41) is 8.60. The molecular weight excluding hydrogens is 264 g/mol. The maximum Gasteiger partial charge on any atom is 0.340 e. The van der Waals surface area contributed by atoms with Crippen molar-refractivity contribution in [1.29, 1.82) is 0 Å². The van der Waals surface area contributed by atoms with Gasteiger partial charge in [-0.2, -0.15) is 0 Å². The van der Waals surface area contributed by atoms with Gasteiger partial charge in [-0.1, -0.05) is 11.6 Å². The molecule has 0 amide bonds. The van der Waals surface area contributed by atoms with Gasteiger partial charge in [0.25, 0.3) is 0 Å². The summed E-state index contributed by atoms with van der Waals surface area (Å²) in [6.07, 6.45) is 0. The summed E-state index contributed by atoms with van der Waals surface area (Å²) >= 11 is 8.37. The molecule has 1 aromatic rings. The number of halogens is 3. The van der Waals surface area contributed by atoms with Gasteiger partial charge in [0.05, 0.1) is 15.2 Å². The van der Waals surface area contributed by atoms with Crippen LogP contribution in [0, 0.1) is 5.82 Å². The van der Waals surface area contributed by atoms with Crippen molar-refractivity contribution in [2.45, 2.75) is 0 Å². The monoisotopic (exact) mass is 267 g/mol. The third-order valence-corrected chi connectivity index (χ3v) is 2.31. The molecule has 70 valence electrons. The number of rotatable bonds is 1. The van der Waals surface area contributed by atoms with Gasteiger partial charge in [-0.05, 0) is 22.0 Å². The molecule has 0 fully saturated rings. The minimum atomic E-state index is -1.45. The van der Waals surface area contributed by atoms with Gasteiger partial charge in [0, 0.05) is 0 Å². The molecule has 1 aromatic carbocycles. The van der Waals surface area contributed by atoms with Crippen LogP contribution in [-0.4, -0.2) is 11.1 Å². The standard InChI is InChI=1S/C7H4BrClFNO2/c8-2-1-3(9)6(11)4(5(2)10)7(12)13/h1H,11H2,(H,12,13). The van der Waals surface area contributed by atoms with Gasteiger partial charge in [-0.15, -0.1) is 0 Å². The number of benzene rings is 1. The van der Waals surface area contributed by atoms with Gasteiger partial charge in [-0.25, -0.2) is 9.18 Å². The second kappa shape index (κ2) is 3.51. The molecule has 3 N–H and O–H groups in total. The van der Waals surface area contributed by atoms with Gasteiger partial charge in [-0.3, -0.25) is 0 Å². The van der Waals surface area contributed by atoms with E-state index in [1.165, 1.54) is 6.07 Å². The van der Waals surface area contributed by atoms with Crippen LogP contribution in [0.15, 0.2) is 10.5 Å². The van der Waals surface area contributed by atoms with Gasteiger partial charge in [0.15, 0.2) is 5.82 Å². The second-order valence-corrected chi connectivity index (χ2v) is 3.51. The number of aromatic carboxylic acids is 1. The van der Waals surface area contributed by atoms with Crippen LogP contribution in [0.5, 0.6) is 0 Å². The molecule has 0 radical (unpaired) electrons. The molecule has 0 aromatic heterocycles. The zero-order chi connectivity index (χ0) is 10.2. The van der Waals surface area contributed by atoms with Crippen LogP contribution in [0.4, 0.5) is 10.1 Å². The number of carboxylic acids is 1. The van der Waals surface area contributed by atoms with Gasteiger partial charge in [0.1, 0.15) is 5.56 Å². The lowest BCUT2D eigenvalue weighted by Gasteiger charge is -2.05. The first-order valence-electron chi connectivity index (χ1n) is 3.11. The smallest absolute Gasteiger partial charge is 0.340 e. The maximum atomic E-state index is 13.1. The lowest BCUT2D eigenvalue weighted by atomic mass is 10.2. The van der Waals surface area contributed by atoms with E-state index in [0.29, 0.717) is 0 Å². The number of hydrogen-bond acceptors (Lipinski definition) is 2. The van der Waals surface area contributed by atoms with Crippen molar-refractivity contribution in [3.63, 3.8) is 0 Å². The van der Waals surface area contributed by atoms with E-state index in [1.807, 2.05) is 0 Å². The predicted octanol–water partition coefficient (Wildman–Crippen LogP) is 2.52. The van der Waals surface area contributed by atoms with E-state index in [2.05, 4.69) is 15.9 Å². The van der Waals surface area contributed by atoms with E-state index >= 15 is 0 Å². The molecule has 0 unspecified atom stereocenters. The third-order valence-electron chi connectivity index (χ3n) is 1.42. The van der Waals surface area contributed by atoms with E-state index < -0.39 is 17.3 Å². The highest BCUT2D eigenvalue weighted by molar-refractivity contribution is 9.10. The number of nitrogens with two attached hydrogens (primary N) is 1. The molecule has 0 aliphatic carbocycles. The zero-order valence-electron chi connectivity index (χ0n) is 6.14. The fourth-order valence-corrected chi connectivity index (χ4v) is 1.58. The number of carboxylic acid groups (broad SMARTS) is 1. The Morgan fingerprint density at radius 2 is 2.23 bits per heavy atom. The van der Waals surface area contributed by atoms with E-state index in [4.69, 9.17) is 22.4 Å². The highest BCUT2D eigenvalue weighted by Gasteiger charge is 2.19. The van der Waals surface area contributed by atoms with Crippen molar-refractivity contribution in [2.75, 3.05) is 5.73 Å². The van der Waals surface area contributed by atoms with Crippen molar-refractivity contribution in [3.05, 3.63) is 26.9 Å². The summed E-state index contributed by atoms with van der Waals surface area (Å²) in [6.45, 7) is 0. The Labute approximate surface area is 86.4 Å². The van der Waals surface area contributed by atoms with Crippen LogP contribution >= 0.6 is 27.5 Å². The molecule has 0 heterocycles. The van der Waals surface area contributed by atoms with Gasteiger partial charge in [0.2, 0.25) is 0 Å². The van der Waals surface area contributed by atoms with E-state index in [1.54, 1.807) is 0 Å². The molecule has 0 bridgehead atoms. The third kappa shape index (κ3) is 1.76. The molecule has 0 saturated heterocycles. The normalized spacial score (nSPS) is 10.1. The Morgan fingerprint density at radius 3 is 2.69 bits per heavy atom. The lowest BCUT2D eigenvalue weighted by Crippen LogP contribution is -2.06. The van der Waals surface area contributed by atoms with Crippen LogP contribution in [0.3, 0.4) is 0 Å². The number of hydrogen-bond donors (Lipinski definition) is 2. The van der Waals surface area contributed by atoms with Crippen LogP contribution in [0.2, 0.25) is 5.02 Å². The topological polar surface area (TPSA) is 63.3 Å². The summed E-state index contributed by atoms with van der Waals surface area (Å²) in [6, 6.07) is 1.21. The summed E-state index contributed by atoms with van der Waals surface area (Å²) < 4.78 is 13.1. The summed E-state index contributed by atoms with van der Waals surface area (Å²) in [7, 11) is 0. The number of carbonyl (C=O) groups is 1. The molecule has 0 aliphatic heterocycles. The van der Waals surface area contributed by atoms with Crippen LogP contribution in [0.25, 0.3) is 0 Å². The first-order chi connectivity index (χ1) is 5.95. The molecular formula is C7H4BrClFNO2. The Balaban J connectivity index is 3.56. The SMILES string of the molecule is Nc1c(Cl)cc(Br)c(F)c1C(=O)O. The average molecular weight is 268 g/mol. The Morgan fingerprint density at radius 1 is 1.69 bits per heavy atom. The minimum absolute atomic E-state index is 0.00525. The van der Waals surface area contributed by atoms with Crippen molar-refractivity contribution in [1.82, 2.24) is 0 Å². The highest BCUT2D eigenvalue weighted by atomic mass is 79.9. The molecule has 0 saturated carbocycles. The molecule has 0 aliphatic rings. The largest absolute Gasteiger partial charge is 0.478 e. The first kappa shape index (κ1) is 10.3. The van der Waals surface area contributed by atoms with E-state index in [9.17, 15) is 9.18 Å².